The molecule has 4 rings (SSSR count). The van der Waals surface area contributed by atoms with Gasteiger partial charge in [-0.3, -0.25) is 0 Å². The summed E-state index contributed by atoms with van der Waals surface area (Å²) in [4.78, 5) is 0. The first-order valence-electron chi connectivity index (χ1n) is 9.44. The lowest BCUT2D eigenvalue weighted by Gasteiger charge is -2.65. The third kappa shape index (κ3) is 1.82. The molecule has 0 aromatic carbocycles. The predicted molar refractivity (Wildman–Crippen MR) is 89.7 cm³/mol. The van der Waals surface area contributed by atoms with Crippen molar-refractivity contribution in [1.29, 1.82) is 0 Å². The first-order chi connectivity index (χ1) is 10.8. The van der Waals surface area contributed by atoms with Gasteiger partial charge in [0.15, 0.2) is 0 Å². The fraction of sp³-hybridized carbons (Fsp3) is 0.900. The molecule has 2 bridgehead atoms. The van der Waals surface area contributed by atoms with Gasteiger partial charge >= 0.3 is 0 Å². The molecule has 0 aromatic rings. The maximum absolute atomic E-state index is 11.1. The largest absolute Gasteiger partial charge is 0.396 e. The average molecular weight is 320 g/mol. The van der Waals surface area contributed by atoms with E-state index in [1.54, 1.807) is 0 Å². The lowest BCUT2D eigenvalue weighted by molar-refractivity contribution is -0.223. The molecular formula is C20H32O3. The minimum atomic E-state index is -0.449. The Morgan fingerprint density at radius 2 is 1.87 bits per heavy atom. The fourth-order valence-electron chi connectivity index (χ4n) is 7.85. The van der Waals surface area contributed by atoms with Crippen LogP contribution in [0.3, 0.4) is 0 Å². The SMILES string of the molecule is C=C1[C@@H]2CC[C@H]3[C@]4(C)CCC[C@@](C)(CO)[C@H]4[C@@H](O)C[C@]3(C2)[C@H]1O. The summed E-state index contributed by atoms with van der Waals surface area (Å²) in [5.74, 6) is 1.03. The normalized spacial score (nSPS) is 58.7. The summed E-state index contributed by atoms with van der Waals surface area (Å²) in [7, 11) is 0. The Kier molecular flexibility index (Phi) is 3.38. The molecular weight excluding hydrogens is 288 g/mol. The van der Waals surface area contributed by atoms with E-state index in [9.17, 15) is 15.3 Å². The summed E-state index contributed by atoms with van der Waals surface area (Å²) in [5.41, 5.74) is 0.677. The number of aliphatic hydroxyl groups excluding tert-OH is 3. The predicted octanol–water partition coefficient (Wildman–Crippen LogP) is 2.89. The lowest BCUT2D eigenvalue weighted by Crippen LogP contribution is -2.64. The molecule has 0 radical (unpaired) electrons. The number of fused-ring (bicyclic) bond motifs is 3. The zero-order valence-electron chi connectivity index (χ0n) is 14.6. The zero-order chi connectivity index (χ0) is 16.6. The van der Waals surface area contributed by atoms with E-state index in [-0.39, 0.29) is 28.8 Å². The summed E-state index contributed by atoms with van der Waals surface area (Å²) in [6.45, 7) is 8.84. The molecule has 0 aromatic heterocycles. The standard InChI is InChI=1S/C20H32O3/c1-12-13-5-6-15-19(3)8-4-7-18(2,11-21)16(19)14(22)10-20(15,9-13)17(12)23/h13-17,21-23H,1,4-11H2,2-3H3/t13-,14+,15+,16-,17+,18+,19+,20+/m1/s1. The Labute approximate surface area is 139 Å². The second-order valence-electron chi connectivity index (χ2n) is 9.66. The van der Waals surface area contributed by atoms with Crippen LogP contribution in [0.25, 0.3) is 0 Å². The molecule has 23 heavy (non-hydrogen) atoms. The van der Waals surface area contributed by atoms with E-state index in [1.165, 1.54) is 0 Å². The quantitative estimate of drug-likeness (QED) is 0.651. The molecule has 4 saturated carbocycles. The van der Waals surface area contributed by atoms with Crippen molar-refractivity contribution in [3.63, 3.8) is 0 Å². The summed E-state index contributed by atoms with van der Waals surface area (Å²) in [6.07, 6.45) is 6.32. The minimum Gasteiger partial charge on any atom is -0.396 e. The van der Waals surface area contributed by atoms with Crippen LogP contribution in [-0.2, 0) is 0 Å². The Bertz CT molecular complexity index is 531. The molecule has 4 aliphatic carbocycles. The van der Waals surface area contributed by atoms with E-state index in [1.807, 2.05) is 0 Å². The molecule has 0 aliphatic heterocycles. The Hall–Kier alpha value is -0.380. The highest BCUT2D eigenvalue weighted by atomic mass is 16.3. The van der Waals surface area contributed by atoms with Gasteiger partial charge in [-0.05, 0) is 72.7 Å². The smallest absolute Gasteiger partial charge is 0.0810 e. The summed E-state index contributed by atoms with van der Waals surface area (Å²) in [5, 5.41) is 32.2. The monoisotopic (exact) mass is 320 g/mol. The highest BCUT2D eigenvalue weighted by Gasteiger charge is 2.68. The van der Waals surface area contributed by atoms with E-state index >= 15 is 0 Å². The third-order valence-electron chi connectivity index (χ3n) is 8.60. The Morgan fingerprint density at radius 3 is 2.57 bits per heavy atom. The van der Waals surface area contributed by atoms with E-state index < -0.39 is 12.2 Å². The molecule has 0 amide bonds. The molecule has 0 heterocycles. The molecule has 3 nitrogen and oxygen atoms in total. The van der Waals surface area contributed by atoms with Gasteiger partial charge < -0.3 is 15.3 Å². The summed E-state index contributed by atoms with van der Waals surface area (Å²) >= 11 is 0. The van der Waals surface area contributed by atoms with Crippen LogP contribution in [0.4, 0.5) is 0 Å². The molecule has 1 spiro atoms. The maximum atomic E-state index is 11.1. The molecule has 3 N–H and O–H groups in total. The van der Waals surface area contributed by atoms with Gasteiger partial charge in [0.25, 0.3) is 0 Å². The number of hydrogen-bond donors (Lipinski definition) is 3. The van der Waals surface area contributed by atoms with Gasteiger partial charge in [0.2, 0.25) is 0 Å². The van der Waals surface area contributed by atoms with Crippen molar-refractivity contribution < 1.29 is 15.3 Å². The van der Waals surface area contributed by atoms with Crippen molar-refractivity contribution in [2.45, 2.75) is 71.0 Å². The molecule has 0 saturated heterocycles. The van der Waals surface area contributed by atoms with Crippen LogP contribution in [0.15, 0.2) is 12.2 Å². The molecule has 0 unspecified atom stereocenters. The molecule has 3 heteroatoms. The second kappa shape index (κ2) is 4.83. The number of aliphatic hydroxyl groups is 3. The number of hydrogen-bond acceptors (Lipinski definition) is 3. The zero-order valence-corrected chi connectivity index (χ0v) is 14.6. The van der Waals surface area contributed by atoms with Crippen LogP contribution in [-0.4, -0.2) is 34.1 Å². The van der Waals surface area contributed by atoms with Crippen LogP contribution < -0.4 is 0 Å². The van der Waals surface area contributed by atoms with Gasteiger partial charge in [0, 0.05) is 12.0 Å². The Morgan fingerprint density at radius 1 is 1.13 bits per heavy atom. The van der Waals surface area contributed by atoms with Crippen molar-refractivity contribution in [3.8, 4) is 0 Å². The first kappa shape index (κ1) is 16.1. The Balaban J connectivity index is 1.81. The average Bonchev–Trinajstić information content (AvgIpc) is 2.67. The van der Waals surface area contributed by atoms with Gasteiger partial charge in [0.1, 0.15) is 0 Å². The van der Waals surface area contributed by atoms with Gasteiger partial charge in [-0.25, -0.2) is 0 Å². The lowest BCUT2D eigenvalue weighted by atomic mass is 9.40. The van der Waals surface area contributed by atoms with Crippen LogP contribution >= 0.6 is 0 Å². The van der Waals surface area contributed by atoms with Gasteiger partial charge in [-0.2, -0.15) is 0 Å². The van der Waals surface area contributed by atoms with Crippen LogP contribution in [0, 0.1) is 34.0 Å². The molecule has 130 valence electrons. The van der Waals surface area contributed by atoms with Crippen molar-refractivity contribution in [2.75, 3.05) is 6.61 Å². The maximum Gasteiger partial charge on any atom is 0.0810 e. The highest BCUT2D eigenvalue weighted by Crippen LogP contribution is 2.71. The first-order valence-corrected chi connectivity index (χ1v) is 9.44. The molecule has 4 aliphatic rings. The summed E-state index contributed by atoms with van der Waals surface area (Å²) in [6, 6.07) is 0. The van der Waals surface area contributed by atoms with Crippen LogP contribution in [0.5, 0.6) is 0 Å². The van der Waals surface area contributed by atoms with Crippen molar-refractivity contribution in [2.24, 2.45) is 34.0 Å². The van der Waals surface area contributed by atoms with E-state index in [0.717, 1.165) is 44.1 Å². The third-order valence-corrected chi connectivity index (χ3v) is 8.60. The highest BCUT2D eigenvalue weighted by molar-refractivity contribution is 5.28. The molecule has 8 atom stereocenters. The summed E-state index contributed by atoms with van der Waals surface area (Å²) < 4.78 is 0. The second-order valence-corrected chi connectivity index (χ2v) is 9.66. The van der Waals surface area contributed by atoms with E-state index in [0.29, 0.717) is 18.3 Å². The van der Waals surface area contributed by atoms with Crippen LogP contribution in [0.1, 0.15) is 58.8 Å². The molecule has 4 fully saturated rings. The number of rotatable bonds is 1. The van der Waals surface area contributed by atoms with Crippen molar-refractivity contribution in [1.82, 2.24) is 0 Å². The topological polar surface area (TPSA) is 60.7 Å². The van der Waals surface area contributed by atoms with Gasteiger partial charge in [0.05, 0.1) is 12.2 Å². The fourth-order valence-corrected chi connectivity index (χ4v) is 7.85. The van der Waals surface area contributed by atoms with Crippen molar-refractivity contribution in [3.05, 3.63) is 12.2 Å². The van der Waals surface area contributed by atoms with E-state index in [4.69, 9.17) is 0 Å². The van der Waals surface area contributed by atoms with Crippen molar-refractivity contribution >= 4 is 0 Å². The minimum absolute atomic E-state index is 0.0178. The van der Waals surface area contributed by atoms with Gasteiger partial charge in [-0.1, -0.05) is 26.8 Å². The van der Waals surface area contributed by atoms with Gasteiger partial charge in [-0.15, -0.1) is 0 Å². The van der Waals surface area contributed by atoms with E-state index in [2.05, 4.69) is 20.4 Å². The van der Waals surface area contributed by atoms with Crippen LogP contribution in [0.2, 0.25) is 0 Å².